The van der Waals surface area contributed by atoms with E-state index >= 15 is 0 Å². The lowest BCUT2D eigenvalue weighted by Gasteiger charge is -2.23. The van der Waals surface area contributed by atoms with Crippen LogP contribution >= 0.6 is 0 Å². The highest BCUT2D eigenvalue weighted by Crippen LogP contribution is 2.05. The van der Waals surface area contributed by atoms with Crippen molar-refractivity contribution in [1.82, 2.24) is 16.0 Å². The first-order valence-electron chi connectivity index (χ1n) is 4.52. The van der Waals surface area contributed by atoms with Crippen molar-refractivity contribution in [2.24, 2.45) is 0 Å². The van der Waals surface area contributed by atoms with Crippen molar-refractivity contribution in [3.05, 3.63) is 0 Å². The van der Waals surface area contributed by atoms with Crippen molar-refractivity contribution >= 4 is 6.03 Å². The molecule has 1 rings (SSSR count). The van der Waals surface area contributed by atoms with Crippen LogP contribution in [0.15, 0.2) is 0 Å². The normalized spacial score (nSPS) is 23.2. The maximum Gasteiger partial charge on any atom is 0.314 e. The number of urea groups is 1. The summed E-state index contributed by atoms with van der Waals surface area (Å²) in [4.78, 5) is 10.8. The molecule has 1 heterocycles. The van der Waals surface area contributed by atoms with Gasteiger partial charge in [-0.05, 0) is 19.4 Å². The summed E-state index contributed by atoms with van der Waals surface area (Å²) in [5.74, 6) is 0. The first-order valence-corrected chi connectivity index (χ1v) is 4.52. The largest absolute Gasteiger partial charge is 0.341 e. The molecule has 0 saturated carbocycles. The van der Waals surface area contributed by atoms with Gasteiger partial charge in [0.15, 0.2) is 0 Å². The highest BCUT2D eigenvalue weighted by atomic mass is 16.2. The first-order chi connectivity index (χ1) is 5.83. The van der Waals surface area contributed by atoms with E-state index in [1.54, 1.807) is 7.05 Å². The Balaban J connectivity index is 2.09. The van der Waals surface area contributed by atoms with Crippen LogP contribution < -0.4 is 16.0 Å². The van der Waals surface area contributed by atoms with Crippen molar-refractivity contribution in [2.75, 3.05) is 20.1 Å². The van der Waals surface area contributed by atoms with Crippen molar-refractivity contribution in [1.29, 1.82) is 0 Å². The Bertz CT molecular complexity index is 143. The third kappa shape index (κ3) is 3.09. The smallest absolute Gasteiger partial charge is 0.314 e. The van der Waals surface area contributed by atoms with Crippen LogP contribution in [0, 0.1) is 0 Å². The molecule has 0 aromatic heterocycles. The Labute approximate surface area is 73.1 Å². The SMILES string of the molecule is CNC(=O)NCC1CCCCN1. The van der Waals surface area contributed by atoms with E-state index in [-0.39, 0.29) is 6.03 Å². The fourth-order valence-electron chi connectivity index (χ4n) is 1.40. The summed E-state index contributed by atoms with van der Waals surface area (Å²) in [5, 5.41) is 8.67. The second-order valence-electron chi connectivity index (χ2n) is 3.11. The molecular weight excluding hydrogens is 154 g/mol. The van der Waals surface area contributed by atoms with Gasteiger partial charge in [-0.1, -0.05) is 6.42 Å². The molecule has 0 aromatic carbocycles. The molecule has 1 saturated heterocycles. The van der Waals surface area contributed by atoms with E-state index in [1.807, 2.05) is 0 Å². The highest BCUT2D eigenvalue weighted by molar-refractivity contribution is 5.73. The molecule has 0 aromatic rings. The molecule has 1 fully saturated rings. The average molecular weight is 171 g/mol. The molecule has 4 nitrogen and oxygen atoms in total. The predicted octanol–water partition coefficient (Wildman–Crippen LogP) is 0.0575. The monoisotopic (exact) mass is 171 g/mol. The van der Waals surface area contributed by atoms with Gasteiger partial charge in [0, 0.05) is 19.6 Å². The van der Waals surface area contributed by atoms with Crippen molar-refractivity contribution in [3.8, 4) is 0 Å². The summed E-state index contributed by atoms with van der Waals surface area (Å²) < 4.78 is 0. The van der Waals surface area contributed by atoms with Crippen molar-refractivity contribution < 1.29 is 4.79 Å². The minimum Gasteiger partial charge on any atom is -0.341 e. The van der Waals surface area contributed by atoms with Crippen LogP contribution in [0.5, 0.6) is 0 Å². The van der Waals surface area contributed by atoms with Crippen LogP contribution in [-0.4, -0.2) is 32.2 Å². The van der Waals surface area contributed by atoms with Crippen LogP contribution in [-0.2, 0) is 0 Å². The summed E-state index contributed by atoms with van der Waals surface area (Å²) in [6.45, 7) is 1.82. The lowest BCUT2D eigenvalue weighted by atomic mass is 10.1. The third-order valence-electron chi connectivity index (χ3n) is 2.15. The lowest BCUT2D eigenvalue weighted by Crippen LogP contribution is -2.45. The molecular formula is C8H17N3O. The van der Waals surface area contributed by atoms with Gasteiger partial charge in [0.1, 0.15) is 0 Å². The summed E-state index contributed by atoms with van der Waals surface area (Å²) in [7, 11) is 1.63. The summed E-state index contributed by atoms with van der Waals surface area (Å²) in [6, 6.07) is 0.374. The fourth-order valence-corrected chi connectivity index (χ4v) is 1.40. The zero-order chi connectivity index (χ0) is 8.81. The van der Waals surface area contributed by atoms with E-state index < -0.39 is 0 Å². The minimum absolute atomic E-state index is 0.0950. The van der Waals surface area contributed by atoms with Crippen LogP contribution in [0.25, 0.3) is 0 Å². The molecule has 1 unspecified atom stereocenters. The molecule has 2 amide bonds. The van der Waals surface area contributed by atoms with Gasteiger partial charge in [-0.25, -0.2) is 4.79 Å². The number of carbonyl (C=O) groups excluding carboxylic acids is 1. The molecule has 1 aliphatic heterocycles. The Hall–Kier alpha value is -0.770. The van der Waals surface area contributed by atoms with Crippen molar-refractivity contribution in [2.45, 2.75) is 25.3 Å². The number of hydrogen-bond donors (Lipinski definition) is 3. The lowest BCUT2D eigenvalue weighted by molar-refractivity contribution is 0.240. The van der Waals surface area contributed by atoms with Crippen LogP contribution in [0.2, 0.25) is 0 Å². The van der Waals surface area contributed by atoms with Crippen LogP contribution in [0.3, 0.4) is 0 Å². The number of nitrogens with one attached hydrogen (secondary N) is 3. The van der Waals surface area contributed by atoms with E-state index in [1.165, 1.54) is 19.3 Å². The fraction of sp³-hybridized carbons (Fsp3) is 0.875. The van der Waals surface area contributed by atoms with Crippen LogP contribution in [0.1, 0.15) is 19.3 Å². The number of rotatable bonds is 2. The first kappa shape index (κ1) is 9.32. The summed E-state index contributed by atoms with van der Waals surface area (Å²) >= 11 is 0. The molecule has 3 N–H and O–H groups in total. The number of amides is 2. The Morgan fingerprint density at radius 2 is 2.42 bits per heavy atom. The molecule has 0 radical (unpaired) electrons. The third-order valence-corrected chi connectivity index (χ3v) is 2.15. The molecule has 0 bridgehead atoms. The van der Waals surface area contributed by atoms with E-state index in [2.05, 4.69) is 16.0 Å². The Morgan fingerprint density at radius 3 is 3.00 bits per heavy atom. The zero-order valence-corrected chi connectivity index (χ0v) is 7.52. The molecule has 70 valence electrons. The molecule has 0 aliphatic carbocycles. The van der Waals surface area contributed by atoms with Gasteiger partial charge in [-0.3, -0.25) is 0 Å². The van der Waals surface area contributed by atoms with Gasteiger partial charge in [-0.2, -0.15) is 0 Å². The Kier molecular flexibility index (Phi) is 3.87. The second-order valence-corrected chi connectivity index (χ2v) is 3.11. The number of hydrogen-bond acceptors (Lipinski definition) is 2. The molecule has 1 aliphatic rings. The van der Waals surface area contributed by atoms with E-state index in [0.717, 1.165) is 13.1 Å². The van der Waals surface area contributed by atoms with Gasteiger partial charge in [0.05, 0.1) is 0 Å². The zero-order valence-electron chi connectivity index (χ0n) is 7.52. The maximum absolute atomic E-state index is 10.8. The van der Waals surface area contributed by atoms with Gasteiger partial charge >= 0.3 is 6.03 Å². The average Bonchev–Trinajstić information content (AvgIpc) is 2.16. The van der Waals surface area contributed by atoms with Gasteiger partial charge in [0.25, 0.3) is 0 Å². The second kappa shape index (κ2) is 4.98. The summed E-state index contributed by atoms with van der Waals surface area (Å²) in [5.41, 5.74) is 0. The van der Waals surface area contributed by atoms with E-state index in [4.69, 9.17) is 0 Å². The van der Waals surface area contributed by atoms with Crippen LogP contribution in [0.4, 0.5) is 4.79 Å². The molecule has 0 spiro atoms. The molecule has 4 heteroatoms. The topological polar surface area (TPSA) is 53.2 Å². The number of piperidine rings is 1. The standard InChI is InChI=1S/C8H17N3O/c1-9-8(12)11-6-7-4-2-3-5-10-7/h7,10H,2-6H2,1H3,(H2,9,11,12). The predicted molar refractivity (Wildman–Crippen MR) is 48.1 cm³/mol. The van der Waals surface area contributed by atoms with E-state index in [9.17, 15) is 4.79 Å². The quantitative estimate of drug-likeness (QED) is 0.550. The van der Waals surface area contributed by atoms with Gasteiger partial charge < -0.3 is 16.0 Å². The maximum atomic E-state index is 10.8. The molecule has 12 heavy (non-hydrogen) atoms. The summed E-state index contributed by atoms with van der Waals surface area (Å²) in [6.07, 6.45) is 3.70. The van der Waals surface area contributed by atoms with Gasteiger partial charge in [0.2, 0.25) is 0 Å². The number of carbonyl (C=O) groups is 1. The van der Waals surface area contributed by atoms with E-state index in [0.29, 0.717) is 6.04 Å². The minimum atomic E-state index is -0.0950. The van der Waals surface area contributed by atoms with Crippen molar-refractivity contribution in [3.63, 3.8) is 0 Å². The molecule has 1 atom stereocenters. The Morgan fingerprint density at radius 1 is 1.58 bits per heavy atom. The van der Waals surface area contributed by atoms with Gasteiger partial charge in [-0.15, -0.1) is 0 Å². The highest BCUT2D eigenvalue weighted by Gasteiger charge is 2.12.